The predicted molar refractivity (Wildman–Crippen MR) is 109 cm³/mol. The Morgan fingerprint density at radius 3 is 2.07 bits per heavy atom. The van der Waals surface area contributed by atoms with E-state index in [1.165, 1.54) is 33.5 Å². The standard InChI is InChI=1S/C21H28N2O5S/c1-11-16(19(25)27-2)18(29-17(11)20(26)28-3)23-15(24)10-22-21-7-12-4-13(8-21)6-14(5-12)9-21/h12-14,22H,4-10H2,1-3H3,(H,23,24). The number of methoxy groups -OCH3 is 2. The molecule has 158 valence electrons. The largest absolute Gasteiger partial charge is 0.465 e. The van der Waals surface area contributed by atoms with Crippen molar-refractivity contribution >= 4 is 34.2 Å². The van der Waals surface area contributed by atoms with Gasteiger partial charge in [-0.15, -0.1) is 11.3 Å². The molecule has 4 aliphatic carbocycles. The molecule has 1 heterocycles. The second-order valence-electron chi connectivity index (χ2n) is 8.84. The number of nitrogens with one attached hydrogen (secondary N) is 2. The Kier molecular flexibility index (Phi) is 5.42. The fourth-order valence-electron chi connectivity index (χ4n) is 6.00. The lowest BCUT2D eigenvalue weighted by molar-refractivity contribution is -0.116. The lowest BCUT2D eigenvalue weighted by atomic mass is 9.53. The van der Waals surface area contributed by atoms with Crippen LogP contribution < -0.4 is 10.6 Å². The van der Waals surface area contributed by atoms with Crippen LogP contribution in [0.3, 0.4) is 0 Å². The molecule has 0 atom stereocenters. The number of carbonyl (C=O) groups is 3. The fourth-order valence-corrected chi connectivity index (χ4v) is 7.13. The molecule has 0 saturated heterocycles. The lowest BCUT2D eigenvalue weighted by Crippen LogP contribution is -2.59. The number of carbonyl (C=O) groups excluding carboxylic acids is 3. The number of hydrogen-bond acceptors (Lipinski definition) is 7. The third-order valence-electron chi connectivity index (χ3n) is 6.82. The van der Waals surface area contributed by atoms with Crippen LogP contribution in [0.15, 0.2) is 0 Å². The van der Waals surface area contributed by atoms with Crippen molar-refractivity contribution in [2.75, 3.05) is 26.1 Å². The number of rotatable bonds is 6. The van der Waals surface area contributed by atoms with E-state index >= 15 is 0 Å². The number of anilines is 1. The highest BCUT2D eigenvalue weighted by Crippen LogP contribution is 2.55. The molecule has 1 aromatic rings. The highest BCUT2D eigenvalue weighted by molar-refractivity contribution is 7.18. The van der Waals surface area contributed by atoms with Crippen LogP contribution in [0, 0.1) is 24.7 Å². The summed E-state index contributed by atoms with van der Waals surface area (Å²) in [5, 5.41) is 6.68. The van der Waals surface area contributed by atoms with Crippen molar-refractivity contribution < 1.29 is 23.9 Å². The lowest BCUT2D eigenvalue weighted by Gasteiger charge is -2.57. The Labute approximate surface area is 174 Å². The van der Waals surface area contributed by atoms with Gasteiger partial charge in [0.1, 0.15) is 9.88 Å². The zero-order valence-electron chi connectivity index (χ0n) is 17.1. The Morgan fingerprint density at radius 2 is 1.55 bits per heavy atom. The van der Waals surface area contributed by atoms with Gasteiger partial charge in [-0.2, -0.15) is 0 Å². The first-order valence-corrected chi connectivity index (χ1v) is 11.0. The first-order valence-electron chi connectivity index (χ1n) is 10.2. The summed E-state index contributed by atoms with van der Waals surface area (Å²) in [4.78, 5) is 37.2. The molecular weight excluding hydrogens is 392 g/mol. The second kappa shape index (κ2) is 7.72. The summed E-state index contributed by atoms with van der Waals surface area (Å²) in [7, 11) is 2.56. The van der Waals surface area contributed by atoms with Crippen LogP contribution in [-0.4, -0.2) is 44.1 Å². The third kappa shape index (κ3) is 3.80. The van der Waals surface area contributed by atoms with Gasteiger partial charge in [-0.05, 0) is 68.8 Å². The fraction of sp³-hybridized carbons (Fsp3) is 0.667. The number of amides is 1. The Hall–Kier alpha value is -1.93. The molecule has 4 bridgehead atoms. The summed E-state index contributed by atoms with van der Waals surface area (Å²) in [5.74, 6) is 1.05. The minimum Gasteiger partial charge on any atom is -0.465 e. The summed E-state index contributed by atoms with van der Waals surface area (Å²) in [6.45, 7) is 1.84. The summed E-state index contributed by atoms with van der Waals surface area (Å²) in [6.07, 6.45) is 7.51. The van der Waals surface area contributed by atoms with Crippen molar-refractivity contribution in [3.05, 3.63) is 16.0 Å². The van der Waals surface area contributed by atoms with Gasteiger partial charge in [0, 0.05) is 5.54 Å². The maximum Gasteiger partial charge on any atom is 0.348 e. The van der Waals surface area contributed by atoms with E-state index in [9.17, 15) is 14.4 Å². The van der Waals surface area contributed by atoms with Crippen LogP contribution in [0.1, 0.15) is 64.1 Å². The van der Waals surface area contributed by atoms with Crippen molar-refractivity contribution in [3.8, 4) is 0 Å². The molecule has 4 aliphatic rings. The van der Waals surface area contributed by atoms with Gasteiger partial charge >= 0.3 is 11.9 Å². The zero-order chi connectivity index (χ0) is 20.8. The van der Waals surface area contributed by atoms with Crippen LogP contribution >= 0.6 is 11.3 Å². The molecule has 8 heteroatoms. The molecule has 29 heavy (non-hydrogen) atoms. The van der Waals surface area contributed by atoms with Crippen LogP contribution in [0.5, 0.6) is 0 Å². The zero-order valence-corrected chi connectivity index (χ0v) is 17.9. The molecule has 5 rings (SSSR count). The number of hydrogen-bond donors (Lipinski definition) is 2. The normalized spacial score (nSPS) is 29.6. The van der Waals surface area contributed by atoms with Crippen molar-refractivity contribution in [1.82, 2.24) is 5.32 Å². The predicted octanol–water partition coefficient (Wildman–Crippen LogP) is 3.13. The van der Waals surface area contributed by atoms with E-state index in [0.717, 1.165) is 48.4 Å². The first-order chi connectivity index (χ1) is 13.8. The molecule has 4 fully saturated rings. The molecule has 1 amide bonds. The van der Waals surface area contributed by atoms with Crippen molar-refractivity contribution in [2.24, 2.45) is 17.8 Å². The number of thiophene rings is 1. The SMILES string of the molecule is COC(=O)c1sc(NC(=O)CNC23CC4CC(CC(C4)C2)C3)c(C(=O)OC)c1C. The highest BCUT2D eigenvalue weighted by atomic mass is 32.1. The number of esters is 2. The average molecular weight is 421 g/mol. The molecule has 0 unspecified atom stereocenters. The van der Waals surface area contributed by atoms with Gasteiger partial charge in [-0.3, -0.25) is 4.79 Å². The molecule has 2 N–H and O–H groups in total. The van der Waals surface area contributed by atoms with Crippen LogP contribution in [0.4, 0.5) is 5.00 Å². The maximum atomic E-state index is 12.7. The highest BCUT2D eigenvalue weighted by Gasteiger charge is 2.50. The van der Waals surface area contributed by atoms with Gasteiger partial charge in [0.25, 0.3) is 0 Å². The van der Waals surface area contributed by atoms with E-state index < -0.39 is 11.9 Å². The first kappa shape index (κ1) is 20.3. The van der Waals surface area contributed by atoms with Crippen molar-refractivity contribution in [3.63, 3.8) is 0 Å². The quantitative estimate of drug-likeness (QED) is 0.687. The van der Waals surface area contributed by atoms with Gasteiger partial charge in [0.05, 0.1) is 26.3 Å². The van der Waals surface area contributed by atoms with Crippen LogP contribution in [0.25, 0.3) is 0 Å². The van der Waals surface area contributed by atoms with E-state index in [-0.39, 0.29) is 28.4 Å². The van der Waals surface area contributed by atoms with E-state index in [1.807, 2.05) is 0 Å². The van der Waals surface area contributed by atoms with Crippen LogP contribution in [-0.2, 0) is 14.3 Å². The summed E-state index contributed by atoms with van der Waals surface area (Å²) in [5.41, 5.74) is 0.749. The number of ether oxygens (including phenoxy) is 2. The van der Waals surface area contributed by atoms with Gasteiger partial charge in [-0.1, -0.05) is 0 Å². The van der Waals surface area contributed by atoms with Gasteiger partial charge < -0.3 is 20.1 Å². The molecule has 7 nitrogen and oxygen atoms in total. The Morgan fingerprint density at radius 1 is 1.00 bits per heavy atom. The van der Waals surface area contributed by atoms with E-state index in [0.29, 0.717) is 10.6 Å². The maximum absolute atomic E-state index is 12.7. The van der Waals surface area contributed by atoms with E-state index in [1.54, 1.807) is 6.92 Å². The Balaban J connectivity index is 1.46. The van der Waals surface area contributed by atoms with Gasteiger partial charge in [0.15, 0.2) is 0 Å². The molecule has 0 aromatic carbocycles. The van der Waals surface area contributed by atoms with E-state index in [4.69, 9.17) is 9.47 Å². The Bertz CT molecular complexity index is 811. The molecule has 1 aromatic heterocycles. The monoisotopic (exact) mass is 420 g/mol. The summed E-state index contributed by atoms with van der Waals surface area (Å²) in [6, 6.07) is 0. The van der Waals surface area contributed by atoms with Gasteiger partial charge in [0.2, 0.25) is 5.91 Å². The summed E-state index contributed by atoms with van der Waals surface area (Å²) < 4.78 is 9.62. The second-order valence-corrected chi connectivity index (χ2v) is 9.86. The topological polar surface area (TPSA) is 93.7 Å². The minimum absolute atomic E-state index is 0.0831. The van der Waals surface area contributed by atoms with E-state index in [2.05, 4.69) is 10.6 Å². The van der Waals surface area contributed by atoms with Crippen molar-refractivity contribution in [1.29, 1.82) is 0 Å². The van der Waals surface area contributed by atoms with Gasteiger partial charge in [-0.25, -0.2) is 9.59 Å². The molecule has 4 saturated carbocycles. The smallest absolute Gasteiger partial charge is 0.348 e. The minimum atomic E-state index is -0.585. The average Bonchev–Trinajstić information content (AvgIpc) is 3.00. The summed E-state index contributed by atoms with van der Waals surface area (Å²) >= 11 is 1.04. The van der Waals surface area contributed by atoms with Crippen LogP contribution in [0.2, 0.25) is 0 Å². The van der Waals surface area contributed by atoms with Crippen molar-refractivity contribution in [2.45, 2.75) is 51.0 Å². The molecule has 0 radical (unpaired) electrons. The molecule has 0 aliphatic heterocycles. The molecular formula is C21H28N2O5S. The third-order valence-corrected chi connectivity index (χ3v) is 8.01. The molecule has 0 spiro atoms.